The van der Waals surface area contributed by atoms with Crippen molar-refractivity contribution in [3.05, 3.63) is 88.1 Å². The molecule has 168 valence electrons. The summed E-state index contributed by atoms with van der Waals surface area (Å²) >= 11 is 6.27. The largest absolute Gasteiger partial charge is 0.497 e. The molecule has 7 heteroatoms. The lowest BCUT2D eigenvalue weighted by molar-refractivity contribution is -0.120. The predicted molar refractivity (Wildman–Crippen MR) is 130 cm³/mol. The lowest BCUT2D eigenvalue weighted by Gasteiger charge is -2.16. The van der Waals surface area contributed by atoms with Crippen molar-refractivity contribution in [1.82, 2.24) is 0 Å². The highest BCUT2D eigenvalue weighted by Gasteiger charge is 2.40. The van der Waals surface area contributed by atoms with Crippen LogP contribution in [0.1, 0.15) is 16.7 Å². The summed E-state index contributed by atoms with van der Waals surface area (Å²) in [6, 6.07) is 17.6. The molecule has 0 aromatic heterocycles. The minimum atomic E-state index is -0.464. The predicted octanol–water partition coefficient (Wildman–Crippen LogP) is 5.37. The first-order valence-corrected chi connectivity index (χ1v) is 10.7. The average Bonchev–Trinajstić information content (AvgIpc) is 3.05. The van der Waals surface area contributed by atoms with Crippen LogP contribution in [0.5, 0.6) is 11.5 Å². The number of ether oxygens (including phenoxy) is 2. The maximum atomic E-state index is 13.6. The number of carbonyl (C=O) groups excluding carboxylic acids is 2. The first kappa shape index (κ1) is 22.4. The molecule has 0 saturated heterocycles. The van der Waals surface area contributed by atoms with Crippen LogP contribution in [-0.2, 0) is 9.59 Å². The first-order chi connectivity index (χ1) is 15.8. The zero-order chi connectivity index (χ0) is 23.7. The molecule has 0 atom stereocenters. The molecule has 0 saturated carbocycles. The van der Waals surface area contributed by atoms with Crippen LogP contribution in [0.25, 0.3) is 5.57 Å². The third kappa shape index (κ3) is 4.17. The number of halogens is 1. The second-order valence-corrected chi connectivity index (χ2v) is 8.08. The van der Waals surface area contributed by atoms with E-state index in [0.717, 1.165) is 16.0 Å². The van der Waals surface area contributed by atoms with E-state index in [0.29, 0.717) is 33.5 Å². The molecule has 0 fully saturated rings. The molecule has 0 spiro atoms. The number of aryl methyl sites for hydroxylation is 2. The van der Waals surface area contributed by atoms with Gasteiger partial charge in [0.05, 0.1) is 30.5 Å². The standard InChI is InChI=1S/C26H23ClN2O4/c1-15-8-9-17(12-16(15)2)23-24(28-18-10-11-22(33-4)21(27)13-18)26(31)29(25(23)30)19-6-5-7-20(14-19)32-3/h5-14,28H,1-4H3. The van der Waals surface area contributed by atoms with E-state index < -0.39 is 11.8 Å². The van der Waals surface area contributed by atoms with Gasteiger partial charge in [-0.2, -0.15) is 0 Å². The van der Waals surface area contributed by atoms with Crippen molar-refractivity contribution in [1.29, 1.82) is 0 Å². The number of amides is 2. The highest BCUT2D eigenvalue weighted by atomic mass is 35.5. The van der Waals surface area contributed by atoms with Crippen molar-refractivity contribution in [2.45, 2.75) is 13.8 Å². The SMILES string of the molecule is COc1cccc(N2C(=O)C(Nc3ccc(OC)c(Cl)c3)=C(c3ccc(C)c(C)c3)C2=O)c1. The van der Waals surface area contributed by atoms with Gasteiger partial charge in [0.25, 0.3) is 11.8 Å². The number of hydrogen-bond donors (Lipinski definition) is 1. The first-order valence-electron chi connectivity index (χ1n) is 10.3. The van der Waals surface area contributed by atoms with Gasteiger partial charge in [0.2, 0.25) is 0 Å². The lowest BCUT2D eigenvalue weighted by atomic mass is 9.99. The van der Waals surface area contributed by atoms with Crippen molar-refractivity contribution in [2.75, 3.05) is 24.4 Å². The van der Waals surface area contributed by atoms with Crippen LogP contribution >= 0.6 is 11.6 Å². The molecule has 0 unspecified atom stereocenters. The quantitative estimate of drug-likeness (QED) is 0.499. The molecule has 3 aromatic carbocycles. The highest BCUT2D eigenvalue weighted by Crippen LogP contribution is 2.36. The summed E-state index contributed by atoms with van der Waals surface area (Å²) in [6.45, 7) is 3.97. The summed E-state index contributed by atoms with van der Waals surface area (Å²) in [5.41, 5.74) is 4.22. The maximum absolute atomic E-state index is 13.6. The number of carbonyl (C=O) groups is 2. The van der Waals surface area contributed by atoms with Crippen molar-refractivity contribution in [3.8, 4) is 11.5 Å². The monoisotopic (exact) mass is 462 g/mol. The molecule has 0 radical (unpaired) electrons. The molecule has 0 aliphatic carbocycles. The Bertz CT molecular complexity index is 1300. The fourth-order valence-corrected chi connectivity index (χ4v) is 3.94. The van der Waals surface area contributed by atoms with Crippen LogP contribution in [0, 0.1) is 13.8 Å². The molecule has 1 N–H and O–H groups in total. The Morgan fingerprint density at radius 1 is 0.848 bits per heavy atom. The third-order valence-corrected chi connectivity index (χ3v) is 5.91. The minimum Gasteiger partial charge on any atom is -0.497 e. The molecular formula is C26H23ClN2O4. The van der Waals surface area contributed by atoms with Crippen LogP contribution in [0.15, 0.2) is 66.4 Å². The van der Waals surface area contributed by atoms with Crippen LogP contribution < -0.4 is 19.7 Å². The molecule has 2 amide bonds. The summed E-state index contributed by atoms with van der Waals surface area (Å²) in [6.07, 6.45) is 0. The van der Waals surface area contributed by atoms with Gasteiger partial charge in [0.1, 0.15) is 17.2 Å². The number of rotatable bonds is 6. The topological polar surface area (TPSA) is 67.9 Å². The van der Waals surface area contributed by atoms with Crippen LogP contribution in [-0.4, -0.2) is 26.0 Å². The number of nitrogens with zero attached hydrogens (tertiary/aromatic N) is 1. The Morgan fingerprint density at radius 3 is 2.30 bits per heavy atom. The van der Waals surface area contributed by atoms with Crippen molar-refractivity contribution < 1.29 is 19.1 Å². The molecule has 0 bridgehead atoms. The Balaban J connectivity index is 1.83. The summed E-state index contributed by atoms with van der Waals surface area (Å²) < 4.78 is 10.5. The molecule has 1 aliphatic rings. The van der Waals surface area contributed by atoms with Gasteiger partial charge in [-0.3, -0.25) is 9.59 Å². The fourth-order valence-electron chi connectivity index (χ4n) is 3.68. The number of nitrogens with one attached hydrogen (secondary N) is 1. The van der Waals surface area contributed by atoms with Gasteiger partial charge >= 0.3 is 0 Å². The molecule has 3 aromatic rings. The minimum absolute atomic E-state index is 0.173. The van der Waals surface area contributed by atoms with E-state index in [9.17, 15) is 9.59 Å². The average molecular weight is 463 g/mol. The van der Waals surface area contributed by atoms with E-state index >= 15 is 0 Å². The zero-order valence-electron chi connectivity index (χ0n) is 18.7. The maximum Gasteiger partial charge on any atom is 0.282 e. The molecule has 1 heterocycles. The number of hydrogen-bond acceptors (Lipinski definition) is 5. The number of anilines is 2. The molecular weight excluding hydrogens is 440 g/mol. The van der Waals surface area contributed by atoms with Crippen LogP contribution in [0.3, 0.4) is 0 Å². The fraction of sp³-hybridized carbons (Fsp3) is 0.154. The van der Waals surface area contributed by atoms with Gasteiger partial charge in [-0.05, 0) is 60.9 Å². The van der Waals surface area contributed by atoms with E-state index in [1.165, 1.54) is 14.2 Å². The van der Waals surface area contributed by atoms with Crippen LogP contribution in [0.4, 0.5) is 11.4 Å². The second-order valence-electron chi connectivity index (χ2n) is 7.67. The third-order valence-electron chi connectivity index (χ3n) is 5.61. The molecule has 33 heavy (non-hydrogen) atoms. The van der Waals surface area contributed by atoms with E-state index in [-0.39, 0.29) is 11.3 Å². The van der Waals surface area contributed by atoms with E-state index in [2.05, 4.69) is 5.32 Å². The van der Waals surface area contributed by atoms with Crippen molar-refractivity contribution >= 4 is 40.4 Å². The molecule has 6 nitrogen and oxygen atoms in total. The van der Waals surface area contributed by atoms with Gasteiger partial charge in [-0.25, -0.2) is 4.90 Å². The van der Waals surface area contributed by atoms with E-state index in [1.54, 1.807) is 42.5 Å². The lowest BCUT2D eigenvalue weighted by Crippen LogP contribution is -2.32. The van der Waals surface area contributed by atoms with Gasteiger partial charge in [0.15, 0.2) is 0 Å². The normalized spacial score (nSPS) is 13.5. The molecule has 4 rings (SSSR count). The van der Waals surface area contributed by atoms with Crippen molar-refractivity contribution in [3.63, 3.8) is 0 Å². The summed E-state index contributed by atoms with van der Waals surface area (Å²) in [5, 5.41) is 3.51. The van der Waals surface area contributed by atoms with Crippen LogP contribution in [0.2, 0.25) is 5.02 Å². The highest BCUT2D eigenvalue weighted by molar-refractivity contribution is 6.46. The van der Waals surface area contributed by atoms with Crippen molar-refractivity contribution in [2.24, 2.45) is 0 Å². The Kier molecular flexibility index (Phi) is 6.11. The number of benzene rings is 3. The van der Waals surface area contributed by atoms with Gasteiger partial charge < -0.3 is 14.8 Å². The Morgan fingerprint density at radius 2 is 1.64 bits per heavy atom. The van der Waals surface area contributed by atoms with Gasteiger partial charge in [0, 0.05) is 11.8 Å². The summed E-state index contributed by atoms with van der Waals surface area (Å²) in [4.78, 5) is 28.3. The Labute approximate surface area is 197 Å². The summed E-state index contributed by atoms with van der Waals surface area (Å²) in [7, 11) is 3.06. The second kappa shape index (κ2) is 9.00. The molecule has 1 aliphatic heterocycles. The van der Waals surface area contributed by atoms with Gasteiger partial charge in [-0.15, -0.1) is 0 Å². The smallest absolute Gasteiger partial charge is 0.282 e. The number of methoxy groups -OCH3 is 2. The summed E-state index contributed by atoms with van der Waals surface area (Å²) in [5.74, 6) is 0.175. The van der Waals surface area contributed by atoms with E-state index in [1.807, 2.05) is 32.0 Å². The number of imide groups is 1. The zero-order valence-corrected chi connectivity index (χ0v) is 19.5. The van der Waals surface area contributed by atoms with E-state index in [4.69, 9.17) is 21.1 Å². The van der Waals surface area contributed by atoms with Gasteiger partial charge in [-0.1, -0.05) is 35.9 Å². The Hall–Kier alpha value is -3.77.